The van der Waals surface area contributed by atoms with E-state index in [2.05, 4.69) is 52.5 Å². The molecule has 0 unspecified atom stereocenters. The number of carboxylic acids is 1. The fourth-order valence-corrected chi connectivity index (χ4v) is 3.54. The molecule has 0 aliphatic carbocycles. The van der Waals surface area contributed by atoms with Gasteiger partial charge >= 0.3 is 11.9 Å². The van der Waals surface area contributed by atoms with Crippen molar-refractivity contribution in [3.63, 3.8) is 0 Å². The van der Waals surface area contributed by atoms with Crippen molar-refractivity contribution in [1.82, 2.24) is 0 Å². The molecule has 0 atom stereocenters. The fraction of sp³-hybridized carbons (Fsp3) is 0.636. The number of carbonyl (C=O) groups excluding carboxylic acids is 1. The Bertz CT molecular complexity index is 284. The smallest absolute Gasteiger partial charge is 0.333 e. The monoisotopic (exact) mass is 440 g/mol. The zero-order valence-corrected chi connectivity index (χ0v) is 16.6. The fourth-order valence-electron chi connectivity index (χ4n) is 0.829. The van der Waals surface area contributed by atoms with E-state index in [0.717, 1.165) is 16.6 Å². The summed E-state index contributed by atoms with van der Waals surface area (Å²) < 4.78 is 4.33. The Morgan fingerprint density at radius 1 is 1.38 bits per heavy atom. The molecule has 0 radical (unpaired) electrons. The highest BCUT2D eigenvalue weighted by Gasteiger charge is 2.20. The van der Waals surface area contributed by atoms with E-state index < -0.39 is 5.97 Å². The van der Waals surface area contributed by atoms with E-state index in [1.807, 2.05) is 0 Å². The maximum Gasteiger partial charge on any atom is 0.333 e. The Kier molecular flexibility index (Phi) is 23.4. The van der Waals surface area contributed by atoms with Crippen LogP contribution in [-0.4, -0.2) is 56.6 Å². The molecule has 0 spiro atoms. The molecule has 0 bridgehead atoms. The van der Waals surface area contributed by atoms with Gasteiger partial charge in [0, 0.05) is 32.6 Å². The van der Waals surface area contributed by atoms with Crippen molar-refractivity contribution >= 4 is 76.6 Å². The molecule has 0 aromatic rings. The Balaban J connectivity index is -0.000000252. The first-order valence-corrected chi connectivity index (χ1v) is 10.1. The average molecular weight is 441 g/mol. The number of carbonyl (C=O) groups is 2. The van der Waals surface area contributed by atoms with Gasteiger partial charge in [0.05, 0.1) is 13.0 Å². The van der Waals surface area contributed by atoms with Gasteiger partial charge in [0.15, 0.2) is 0 Å². The number of methoxy groups -OCH3 is 1. The van der Waals surface area contributed by atoms with Gasteiger partial charge in [-0.15, -0.1) is 0 Å². The lowest BCUT2D eigenvalue weighted by molar-refractivity contribution is -0.140. The van der Waals surface area contributed by atoms with E-state index in [1.165, 1.54) is 7.11 Å². The Hall–Kier alpha value is 0.520. The number of esters is 1. The third-order valence-corrected chi connectivity index (χ3v) is 5.08. The molecule has 126 valence electrons. The Morgan fingerprint density at radius 3 is 2.00 bits per heavy atom. The number of hydrogen-bond donors (Lipinski definition) is 3. The van der Waals surface area contributed by atoms with Crippen LogP contribution in [0.3, 0.4) is 0 Å². The van der Waals surface area contributed by atoms with Crippen LogP contribution in [0.15, 0.2) is 12.2 Å². The molecule has 0 aromatic carbocycles. The number of aliphatic carboxylic acids is 1. The van der Waals surface area contributed by atoms with Crippen molar-refractivity contribution in [3.8, 4) is 0 Å². The van der Waals surface area contributed by atoms with Crippen LogP contribution in [0.25, 0.3) is 0 Å². The third-order valence-electron chi connectivity index (χ3n) is 1.79. The number of thiol groups is 2. The average Bonchev–Trinajstić information content (AvgIpc) is 2.48. The molecule has 0 saturated carbocycles. The molecule has 1 rings (SSSR count). The zero-order valence-electron chi connectivity index (χ0n) is 11.6. The van der Waals surface area contributed by atoms with E-state index in [-0.39, 0.29) is 17.4 Å². The van der Waals surface area contributed by atoms with Gasteiger partial charge in [-0.2, -0.15) is 48.8 Å². The van der Waals surface area contributed by atoms with Crippen molar-refractivity contribution < 1.29 is 24.9 Å². The molecule has 3 N–H and O–H groups in total. The SMILES string of the molecule is C=C(CBr)C(=O)OC.O.O=C(O)C1CSCSC1.SCS. The van der Waals surface area contributed by atoms with Crippen LogP contribution < -0.4 is 0 Å². The summed E-state index contributed by atoms with van der Waals surface area (Å²) in [5, 5.41) is 10.7. The lowest BCUT2D eigenvalue weighted by Crippen LogP contribution is -2.21. The molecule has 1 aliphatic rings. The van der Waals surface area contributed by atoms with E-state index >= 15 is 0 Å². The van der Waals surface area contributed by atoms with Crippen LogP contribution in [0, 0.1) is 5.92 Å². The van der Waals surface area contributed by atoms with Crippen LogP contribution in [0.2, 0.25) is 0 Å². The summed E-state index contributed by atoms with van der Waals surface area (Å²) in [7, 11) is 1.33. The summed E-state index contributed by atoms with van der Waals surface area (Å²) in [5.74, 6) is 0.482. The van der Waals surface area contributed by atoms with Crippen molar-refractivity contribution in [1.29, 1.82) is 0 Å². The van der Waals surface area contributed by atoms with Crippen molar-refractivity contribution in [3.05, 3.63) is 12.2 Å². The summed E-state index contributed by atoms with van der Waals surface area (Å²) in [6.45, 7) is 3.42. The molecule has 1 aliphatic heterocycles. The number of alkyl halides is 1. The maximum absolute atomic E-state index is 10.4. The lowest BCUT2D eigenvalue weighted by Gasteiger charge is -2.15. The van der Waals surface area contributed by atoms with Gasteiger partial charge in [0.25, 0.3) is 0 Å². The molecular weight excluding hydrogens is 420 g/mol. The first kappa shape index (κ1) is 26.4. The molecule has 1 fully saturated rings. The minimum atomic E-state index is -0.644. The topological polar surface area (TPSA) is 95.1 Å². The van der Waals surface area contributed by atoms with Gasteiger partial charge < -0.3 is 15.3 Å². The molecule has 0 amide bonds. The number of halogens is 1. The molecule has 10 heteroatoms. The number of ether oxygens (including phenoxy) is 1. The molecule has 0 aromatic heterocycles. The quantitative estimate of drug-likeness (QED) is 0.204. The van der Waals surface area contributed by atoms with Crippen molar-refractivity contribution in [2.75, 3.05) is 34.1 Å². The van der Waals surface area contributed by atoms with E-state index in [0.29, 0.717) is 16.0 Å². The Morgan fingerprint density at radius 2 is 1.81 bits per heavy atom. The summed E-state index contributed by atoms with van der Waals surface area (Å²) in [4.78, 5) is 20.7. The second-order valence-electron chi connectivity index (χ2n) is 3.26. The minimum absolute atomic E-state index is 0. The minimum Gasteiger partial charge on any atom is -0.481 e. The molecule has 1 saturated heterocycles. The zero-order chi connectivity index (χ0) is 16.0. The Labute approximate surface area is 153 Å². The molecular formula is C11H21BrO5S4. The van der Waals surface area contributed by atoms with Crippen LogP contribution in [0.5, 0.6) is 0 Å². The van der Waals surface area contributed by atoms with Crippen LogP contribution in [-0.2, 0) is 14.3 Å². The first-order valence-electron chi connectivity index (χ1n) is 5.36. The van der Waals surface area contributed by atoms with Crippen LogP contribution >= 0.6 is 64.7 Å². The summed E-state index contributed by atoms with van der Waals surface area (Å²) in [5.41, 5.74) is 0.438. The normalized spacial score (nSPS) is 13.3. The highest BCUT2D eigenvalue weighted by molar-refractivity contribution is 9.09. The van der Waals surface area contributed by atoms with E-state index in [4.69, 9.17) is 5.11 Å². The number of thioether (sulfide) groups is 2. The second kappa shape index (κ2) is 18.6. The highest BCUT2D eigenvalue weighted by atomic mass is 79.9. The summed E-state index contributed by atoms with van der Waals surface area (Å²) in [6, 6.07) is 0. The first-order chi connectivity index (χ1) is 9.44. The number of rotatable bonds is 3. The maximum atomic E-state index is 10.4. The van der Waals surface area contributed by atoms with Crippen molar-refractivity contribution in [2.45, 2.75) is 0 Å². The summed E-state index contributed by atoms with van der Waals surface area (Å²) in [6.07, 6.45) is 0. The van der Waals surface area contributed by atoms with Gasteiger partial charge in [-0.25, -0.2) is 4.79 Å². The van der Waals surface area contributed by atoms with Gasteiger partial charge in [-0.05, 0) is 0 Å². The number of carboxylic acid groups (broad SMARTS) is 1. The lowest BCUT2D eigenvalue weighted by atomic mass is 10.2. The molecule has 1 heterocycles. The van der Waals surface area contributed by atoms with Crippen molar-refractivity contribution in [2.24, 2.45) is 5.92 Å². The predicted octanol–water partition coefficient (Wildman–Crippen LogP) is 2.21. The van der Waals surface area contributed by atoms with Gasteiger partial charge in [0.1, 0.15) is 0 Å². The van der Waals surface area contributed by atoms with Gasteiger partial charge in [-0.3, -0.25) is 4.79 Å². The van der Waals surface area contributed by atoms with Gasteiger partial charge in [0.2, 0.25) is 0 Å². The van der Waals surface area contributed by atoms with E-state index in [9.17, 15) is 9.59 Å². The van der Waals surface area contributed by atoms with Crippen LogP contribution in [0.1, 0.15) is 0 Å². The van der Waals surface area contributed by atoms with E-state index in [1.54, 1.807) is 23.5 Å². The molecule has 21 heavy (non-hydrogen) atoms. The predicted molar refractivity (Wildman–Crippen MR) is 102 cm³/mol. The third kappa shape index (κ3) is 16.7. The van der Waals surface area contributed by atoms with Crippen LogP contribution in [0.4, 0.5) is 0 Å². The highest BCUT2D eigenvalue weighted by Crippen LogP contribution is 2.25. The number of hydrogen-bond acceptors (Lipinski definition) is 7. The second-order valence-corrected chi connectivity index (χ2v) is 7.38. The van der Waals surface area contributed by atoms with Gasteiger partial charge in [-0.1, -0.05) is 22.5 Å². The molecule has 5 nitrogen and oxygen atoms in total. The largest absolute Gasteiger partial charge is 0.481 e. The summed E-state index contributed by atoms with van der Waals surface area (Å²) >= 11 is 13.8. The standard InChI is InChI=1S/C5H7BrO2.C5H8O2S2.CH4S2.H2O/c1-4(3-6)5(7)8-2;6-5(7)4-1-8-3-9-2-4;2-1-3;/h1,3H2,2H3;4H,1-3H2,(H,6,7);2-3H,1H2;1H2.